The van der Waals surface area contributed by atoms with Gasteiger partial charge in [0, 0.05) is 11.6 Å². The van der Waals surface area contributed by atoms with Crippen LogP contribution in [-0.4, -0.2) is 20.9 Å². The molecule has 7 nitrogen and oxygen atoms in total. The molecular formula is C15H14ClN3O4. The highest BCUT2D eigenvalue weighted by molar-refractivity contribution is 6.33. The second-order valence-electron chi connectivity index (χ2n) is 4.96. The van der Waals surface area contributed by atoms with Gasteiger partial charge in [-0.2, -0.15) is 0 Å². The van der Waals surface area contributed by atoms with Crippen LogP contribution in [-0.2, 0) is 4.74 Å². The van der Waals surface area contributed by atoms with Gasteiger partial charge in [-0.25, -0.2) is 14.8 Å². The zero-order valence-corrected chi connectivity index (χ0v) is 13.5. The summed E-state index contributed by atoms with van der Waals surface area (Å²) in [5.74, 6) is -0.323. The maximum atomic E-state index is 12.2. The zero-order valence-electron chi connectivity index (χ0n) is 12.7. The number of halogens is 1. The Morgan fingerprint density at radius 1 is 1.39 bits per heavy atom. The van der Waals surface area contributed by atoms with Gasteiger partial charge in [0.05, 0.1) is 16.1 Å². The van der Waals surface area contributed by atoms with E-state index in [0.29, 0.717) is 17.0 Å². The molecular weight excluding hydrogens is 322 g/mol. The number of nitrogens with zero attached hydrogens (tertiary/aromatic N) is 3. The third-order valence-electron chi connectivity index (χ3n) is 3.24. The highest BCUT2D eigenvalue weighted by atomic mass is 35.5. The van der Waals surface area contributed by atoms with E-state index in [9.17, 15) is 14.9 Å². The van der Waals surface area contributed by atoms with Crippen molar-refractivity contribution in [2.45, 2.75) is 26.9 Å². The number of esters is 1. The standard InChI is InChI=1S/C15H14ClN3O4/c1-8-4-5-11(6-13(8)19(21)22)9(2)23-15(20)14-12(16)7-17-10(3)18-14/h4-7,9H,1-3H3/t9-/m0/s1. The van der Waals surface area contributed by atoms with Gasteiger partial charge in [-0.1, -0.05) is 23.7 Å². The maximum Gasteiger partial charge on any atom is 0.359 e. The monoisotopic (exact) mass is 335 g/mol. The number of nitro benzene ring substituents is 1. The molecule has 0 radical (unpaired) electrons. The lowest BCUT2D eigenvalue weighted by Crippen LogP contribution is -2.13. The molecule has 2 aromatic rings. The Labute approximate surface area is 137 Å². The summed E-state index contributed by atoms with van der Waals surface area (Å²) < 4.78 is 5.30. The highest BCUT2D eigenvalue weighted by Crippen LogP contribution is 2.26. The fraction of sp³-hybridized carbons (Fsp3) is 0.267. The average molecular weight is 336 g/mol. The predicted octanol–water partition coefficient (Wildman–Crippen LogP) is 3.57. The molecule has 1 aromatic carbocycles. The quantitative estimate of drug-likeness (QED) is 0.481. The normalized spacial score (nSPS) is 11.8. The summed E-state index contributed by atoms with van der Waals surface area (Å²) in [4.78, 5) is 30.5. The lowest BCUT2D eigenvalue weighted by molar-refractivity contribution is -0.385. The number of hydrogen-bond donors (Lipinski definition) is 0. The van der Waals surface area contributed by atoms with Crippen molar-refractivity contribution in [2.24, 2.45) is 0 Å². The Morgan fingerprint density at radius 3 is 2.74 bits per heavy atom. The van der Waals surface area contributed by atoms with Gasteiger partial charge < -0.3 is 4.74 Å². The number of benzene rings is 1. The minimum atomic E-state index is -0.712. The fourth-order valence-corrected chi connectivity index (χ4v) is 2.13. The molecule has 0 saturated carbocycles. The van der Waals surface area contributed by atoms with Crippen LogP contribution in [0, 0.1) is 24.0 Å². The van der Waals surface area contributed by atoms with E-state index in [1.54, 1.807) is 32.9 Å². The first-order valence-electron chi connectivity index (χ1n) is 6.74. The van der Waals surface area contributed by atoms with Gasteiger partial charge in [0.15, 0.2) is 5.69 Å². The van der Waals surface area contributed by atoms with Gasteiger partial charge in [0.25, 0.3) is 5.69 Å². The lowest BCUT2D eigenvalue weighted by Gasteiger charge is -2.14. The van der Waals surface area contributed by atoms with Crippen molar-refractivity contribution in [3.8, 4) is 0 Å². The molecule has 120 valence electrons. The van der Waals surface area contributed by atoms with Crippen molar-refractivity contribution in [1.29, 1.82) is 0 Å². The van der Waals surface area contributed by atoms with Crippen molar-refractivity contribution in [3.63, 3.8) is 0 Å². The Kier molecular flexibility index (Phi) is 4.90. The fourth-order valence-electron chi connectivity index (χ4n) is 1.96. The molecule has 1 aromatic heterocycles. The van der Waals surface area contributed by atoms with Crippen LogP contribution in [0.2, 0.25) is 5.02 Å². The molecule has 0 fully saturated rings. The van der Waals surface area contributed by atoms with E-state index in [1.165, 1.54) is 12.3 Å². The van der Waals surface area contributed by atoms with Crippen molar-refractivity contribution < 1.29 is 14.5 Å². The number of carbonyl (C=O) groups excluding carboxylic acids is 1. The molecule has 1 heterocycles. The molecule has 0 aliphatic heterocycles. The van der Waals surface area contributed by atoms with Crippen molar-refractivity contribution in [2.75, 3.05) is 0 Å². The molecule has 0 aliphatic carbocycles. The Morgan fingerprint density at radius 2 is 2.09 bits per heavy atom. The summed E-state index contributed by atoms with van der Waals surface area (Å²) in [6.45, 7) is 4.89. The first kappa shape index (κ1) is 16.8. The number of carbonyl (C=O) groups is 1. The maximum absolute atomic E-state index is 12.2. The molecule has 8 heteroatoms. The third-order valence-corrected chi connectivity index (χ3v) is 3.52. The lowest BCUT2D eigenvalue weighted by atomic mass is 10.1. The third kappa shape index (κ3) is 3.81. The summed E-state index contributed by atoms with van der Waals surface area (Å²) in [5.41, 5.74) is 0.984. The first-order chi connectivity index (χ1) is 10.8. The Balaban J connectivity index is 2.23. The first-order valence-corrected chi connectivity index (χ1v) is 7.12. The molecule has 0 aliphatic rings. The summed E-state index contributed by atoms with van der Waals surface area (Å²) >= 11 is 5.89. The van der Waals surface area contributed by atoms with E-state index in [2.05, 4.69) is 9.97 Å². The highest BCUT2D eigenvalue weighted by Gasteiger charge is 2.20. The van der Waals surface area contributed by atoms with Crippen molar-refractivity contribution in [3.05, 3.63) is 62.2 Å². The average Bonchev–Trinajstić information content (AvgIpc) is 2.49. The van der Waals surface area contributed by atoms with Crippen LogP contribution in [0.4, 0.5) is 5.69 Å². The summed E-state index contributed by atoms with van der Waals surface area (Å²) in [5, 5.41) is 11.1. The largest absolute Gasteiger partial charge is 0.453 e. The number of aromatic nitrogens is 2. The van der Waals surface area contributed by atoms with E-state index < -0.39 is 17.0 Å². The van der Waals surface area contributed by atoms with Crippen LogP contribution < -0.4 is 0 Å². The van der Waals surface area contributed by atoms with Gasteiger partial charge in [-0.3, -0.25) is 10.1 Å². The molecule has 0 amide bonds. The van der Waals surface area contributed by atoms with E-state index in [4.69, 9.17) is 16.3 Å². The molecule has 23 heavy (non-hydrogen) atoms. The molecule has 0 saturated heterocycles. The number of rotatable bonds is 4. The Bertz CT molecular complexity index is 779. The summed E-state index contributed by atoms with van der Waals surface area (Å²) in [6, 6.07) is 4.67. The van der Waals surface area contributed by atoms with Crippen LogP contribution >= 0.6 is 11.6 Å². The van der Waals surface area contributed by atoms with Crippen LogP contribution in [0.25, 0.3) is 0 Å². The minimum absolute atomic E-state index is 0.0266. The second-order valence-corrected chi connectivity index (χ2v) is 5.37. The molecule has 0 spiro atoms. The van der Waals surface area contributed by atoms with Crippen LogP contribution in [0.5, 0.6) is 0 Å². The molecule has 2 rings (SSSR count). The van der Waals surface area contributed by atoms with Gasteiger partial charge >= 0.3 is 5.97 Å². The molecule has 0 unspecified atom stereocenters. The van der Waals surface area contributed by atoms with E-state index in [1.807, 2.05) is 0 Å². The topological polar surface area (TPSA) is 95.2 Å². The molecule has 0 N–H and O–H groups in total. The number of ether oxygens (including phenoxy) is 1. The second kappa shape index (κ2) is 6.70. The van der Waals surface area contributed by atoms with Crippen LogP contribution in [0.15, 0.2) is 24.4 Å². The predicted molar refractivity (Wildman–Crippen MR) is 83.4 cm³/mol. The Hall–Kier alpha value is -2.54. The smallest absolute Gasteiger partial charge is 0.359 e. The van der Waals surface area contributed by atoms with Crippen LogP contribution in [0.1, 0.15) is 40.5 Å². The van der Waals surface area contributed by atoms with Crippen LogP contribution in [0.3, 0.4) is 0 Å². The molecule has 0 bridgehead atoms. The van der Waals surface area contributed by atoms with Crippen molar-refractivity contribution >= 4 is 23.3 Å². The summed E-state index contributed by atoms with van der Waals surface area (Å²) in [6.07, 6.45) is 0.634. The van der Waals surface area contributed by atoms with Gasteiger partial charge in [0.2, 0.25) is 0 Å². The van der Waals surface area contributed by atoms with Gasteiger partial charge in [-0.05, 0) is 26.3 Å². The summed E-state index contributed by atoms with van der Waals surface area (Å²) in [7, 11) is 0. The van der Waals surface area contributed by atoms with E-state index >= 15 is 0 Å². The van der Waals surface area contributed by atoms with E-state index in [-0.39, 0.29) is 16.4 Å². The van der Waals surface area contributed by atoms with Gasteiger partial charge in [-0.15, -0.1) is 0 Å². The van der Waals surface area contributed by atoms with E-state index in [0.717, 1.165) is 0 Å². The number of aryl methyl sites for hydroxylation is 2. The number of nitro groups is 1. The van der Waals surface area contributed by atoms with Gasteiger partial charge in [0.1, 0.15) is 11.9 Å². The molecule has 1 atom stereocenters. The zero-order chi connectivity index (χ0) is 17.1. The SMILES string of the molecule is Cc1ncc(Cl)c(C(=O)O[C@@H](C)c2ccc(C)c([N+](=O)[O-])c2)n1. The minimum Gasteiger partial charge on any atom is -0.453 e. The van der Waals surface area contributed by atoms with Crippen molar-refractivity contribution in [1.82, 2.24) is 9.97 Å². The number of hydrogen-bond acceptors (Lipinski definition) is 6.